The largest absolute Gasteiger partial charge is 0.444 e. The number of hydrogen-bond acceptors (Lipinski definition) is 4. The number of imidazole rings is 1. The highest BCUT2D eigenvalue weighted by Gasteiger charge is 2.48. The molecule has 32 heavy (non-hydrogen) atoms. The fourth-order valence-corrected chi connectivity index (χ4v) is 5.16. The number of rotatable bonds is 4. The van der Waals surface area contributed by atoms with Gasteiger partial charge in [0.2, 0.25) is 0 Å². The van der Waals surface area contributed by atoms with Crippen LogP contribution in [0.5, 0.6) is 0 Å². The maximum absolute atomic E-state index is 13.2. The molecule has 176 valence electrons. The second-order valence-electron chi connectivity index (χ2n) is 11.3. The lowest BCUT2D eigenvalue weighted by Gasteiger charge is -2.40. The number of amides is 1. The van der Waals surface area contributed by atoms with Gasteiger partial charge >= 0.3 is 6.09 Å². The monoisotopic (exact) mass is 457 g/mol. The molecule has 1 aliphatic heterocycles. The van der Waals surface area contributed by atoms with Crippen molar-refractivity contribution in [2.45, 2.75) is 90.8 Å². The van der Waals surface area contributed by atoms with E-state index in [9.17, 15) is 4.79 Å². The summed E-state index contributed by atoms with van der Waals surface area (Å²) >= 11 is 0. The minimum atomic E-state index is -2.06. The molecule has 1 saturated heterocycles. The number of hydrogen-bond donors (Lipinski definition) is 0. The third kappa shape index (κ3) is 5.26. The van der Waals surface area contributed by atoms with Crippen molar-refractivity contribution in [3.8, 4) is 5.69 Å². The van der Waals surface area contributed by atoms with E-state index in [2.05, 4.69) is 63.6 Å². The molecule has 0 radical (unpaired) electrons. The molecule has 2 atom stereocenters. The summed E-state index contributed by atoms with van der Waals surface area (Å²) in [6.07, 6.45) is 4.07. The number of carbonyl (C=O) groups is 1. The Hall–Kier alpha value is -2.12. The van der Waals surface area contributed by atoms with Gasteiger partial charge in [-0.05, 0) is 69.9 Å². The second kappa shape index (κ2) is 8.67. The van der Waals surface area contributed by atoms with Crippen molar-refractivity contribution in [2.24, 2.45) is 0 Å². The molecule has 0 bridgehead atoms. The molecule has 2 heterocycles. The smallest absolute Gasteiger partial charge is 0.411 e. The lowest BCUT2D eigenvalue weighted by molar-refractivity contribution is 0.0148. The first kappa shape index (κ1) is 24.5. The molecule has 0 spiro atoms. The number of ether oxygens (including phenoxy) is 1. The zero-order valence-electron chi connectivity index (χ0n) is 21.1. The lowest BCUT2D eigenvalue weighted by atomic mass is 10.1. The van der Waals surface area contributed by atoms with E-state index in [0.717, 1.165) is 17.9 Å². The van der Waals surface area contributed by atoms with Crippen LogP contribution in [0.2, 0.25) is 18.1 Å². The zero-order chi connectivity index (χ0) is 23.9. The quantitative estimate of drug-likeness (QED) is 0.509. The van der Waals surface area contributed by atoms with Gasteiger partial charge in [0, 0.05) is 24.6 Å². The Morgan fingerprint density at radius 2 is 1.84 bits per heavy atom. The number of nitrogens with zero attached hydrogens (tertiary/aromatic N) is 3. The van der Waals surface area contributed by atoms with E-state index in [-0.39, 0.29) is 23.3 Å². The van der Waals surface area contributed by atoms with E-state index in [0.29, 0.717) is 6.54 Å². The van der Waals surface area contributed by atoms with Crippen molar-refractivity contribution in [2.75, 3.05) is 6.54 Å². The van der Waals surface area contributed by atoms with Crippen LogP contribution < -0.4 is 0 Å². The van der Waals surface area contributed by atoms with Crippen molar-refractivity contribution in [3.05, 3.63) is 48.0 Å². The van der Waals surface area contributed by atoms with E-state index >= 15 is 0 Å². The molecule has 1 aromatic heterocycles. The summed E-state index contributed by atoms with van der Waals surface area (Å²) < 4.78 is 14.7. The van der Waals surface area contributed by atoms with Crippen molar-refractivity contribution >= 4 is 14.4 Å². The van der Waals surface area contributed by atoms with Crippen LogP contribution in [0.1, 0.15) is 65.4 Å². The average molecular weight is 458 g/mol. The van der Waals surface area contributed by atoms with E-state index in [1.807, 2.05) is 33.0 Å². The van der Waals surface area contributed by atoms with Crippen molar-refractivity contribution in [1.29, 1.82) is 0 Å². The third-order valence-corrected chi connectivity index (χ3v) is 10.9. The molecule has 0 saturated carbocycles. The van der Waals surface area contributed by atoms with Crippen molar-refractivity contribution in [1.82, 2.24) is 14.5 Å². The fourth-order valence-electron chi connectivity index (χ4n) is 3.80. The Morgan fingerprint density at radius 1 is 1.16 bits per heavy atom. The number of benzene rings is 1. The summed E-state index contributed by atoms with van der Waals surface area (Å²) in [6, 6.07) is 8.00. The molecule has 3 rings (SSSR count). The Labute approximate surface area is 194 Å². The van der Waals surface area contributed by atoms with Crippen LogP contribution >= 0.6 is 0 Å². The van der Waals surface area contributed by atoms with Gasteiger partial charge in [0.25, 0.3) is 0 Å². The number of aryl methyl sites for hydroxylation is 1. The van der Waals surface area contributed by atoms with Crippen molar-refractivity contribution < 1.29 is 14.0 Å². The minimum absolute atomic E-state index is 0.0723. The zero-order valence-corrected chi connectivity index (χ0v) is 22.1. The standard InChI is InChI=1S/C25H39N3O3Si/c1-18-11-10-12-19(17-18)27-16-14-26-22(27)21-20(31-32(8,9)25(5,6)7)13-15-28(21)23(29)30-24(2,3)4/h10-12,14,16-17,20-21H,13,15H2,1-9H3/t20-,21-/m0/s1. The summed E-state index contributed by atoms with van der Waals surface area (Å²) in [6.45, 7) is 19.6. The Morgan fingerprint density at radius 3 is 2.44 bits per heavy atom. The van der Waals surface area contributed by atoms with Gasteiger partial charge < -0.3 is 13.7 Å². The van der Waals surface area contributed by atoms with Crippen LogP contribution in [0.15, 0.2) is 36.7 Å². The highest BCUT2D eigenvalue weighted by molar-refractivity contribution is 6.74. The van der Waals surface area contributed by atoms with E-state index in [4.69, 9.17) is 14.1 Å². The van der Waals surface area contributed by atoms with E-state index in [1.54, 1.807) is 11.1 Å². The van der Waals surface area contributed by atoms with Crippen LogP contribution in [0, 0.1) is 6.92 Å². The van der Waals surface area contributed by atoms with Gasteiger partial charge in [-0.3, -0.25) is 4.90 Å². The van der Waals surface area contributed by atoms with Crippen LogP contribution in [-0.4, -0.2) is 47.1 Å². The molecule has 6 nitrogen and oxygen atoms in total. The third-order valence-electron chi connectivity index (χ3n) is 6.44. The first-order valence-corrected chi connectivity index (χ1v) is 14.4. The summed E-state index contributed by atoms with van der Waals surface area (Å²) in [5, 5.41) is 0.0723. The van der Waals surface area contributed by atoms with Gasteiger partial charge in [-0.15, -0.1) is 0 Å². The topological polar surface area (TPSA) is 56.6 Å². The van der Waals surface area contributed by atoms with Crippen molar-refractivity contribution in [3.63, 3.8) is 0 Å². The Bertz CT molecular complexity index is 956. The van der Waals surface area contributed by atoms with Crippen LogP contribution in [0.4, 0.5) is 4.79 Å². The summed E-state index contributed by atoms with van der Waals surface area (Å²) in [5.41, 5.74) is 1.64. The van der Waals surface area contributed by atoms with Gasteiger partial charge in [-0.2, -0.15) is 0 Å². The summed E-state index contributed by atoms with van der Waals surface area (Å²) in [5.74, 6) is 0.808. The van der Waals surface area contributed by atoms with Crippen LogP contribution in [0.25, 0.3) is 5.69 Å². The molecule has 7 heteroatoms. The molecule has 1 aromatic carbocycles. The SMILES string of the molecule is Cc1cccc(-n2ccnc2[C@@H]2[C@@H](O[Si](C)(C)C(C)(C)C)CCN2C(=O)OC(C)(C)C)c1. The van der Waals surface area contributed by atoms with Gasteiger partial charge in [0.05, 0.1) is 6.10 Å². The maximum Gasteiger partial charge on any atom is 0.411 e. The molecule has 0 aliphatic carbocycles. The summed E-state index contributed by atoms with van der Waals surface area (Å²) in [7, 11) is -2.06. The normalized spacial score (nSPS) is 20.0. The molecular weight excluding hydrogens is 418 g/mol. The molecule has 0 unspecified atom stereocenters. The highest BCUT2D eigenvalue weighted by Crippen LogP contribution is 2.43. The van der Waals surface area contributed by atoms with E-state index in [1.165, 1.54) is 5.56 Å². The van der Waals surface area contributed by atoms with Crippen LogP contribution in [0.3, 0.4) is 0 Å². The fraction of sp³-hybridized carbons (Fsp3) is 0.600. The molecule has 1 fully saturated rings. The van der Waals surface area contributed by atoms with Gasteiger partial charge in [-0.1, -0.05) is 32.9 Å². The molecule has 1 amide bonds. The number of carbonyl (C=O) groups excluding carboxylic acids is 1. The molecular formula is C25H39N3O3Si. The number of likely N-dealkylation sites (tertiary alicyclic amines) is 1. The predicted molar refractivity (Wildman–Crippen MR) is 131 cm³/mol. The minimum Gasteiger partial charge on any atom is -0.444 e. The predicted octanol–water partition coefficient (Wildman–Crippen LogP) is 6.25. The van der Waals surface area contributed by atoms with Gasteiger partial charge in [-0.25, -0.2) is 9.78 Å². The highest BCUT2D eigenvalue weighted by atomic mass is 28.4. The average Bonchev–Trinajstić information content (AvgIpc) is 3.25. The van der Waals surface area contributed by atoms with E-state index < -0.39 is 13.9 Å². The summed E-state index contributed by atoms with van der Waals surface area (Å²) in [4.78, 5) is 19.7. The first-order valence-electron chi connectivity index (χ1n) is 11.5. The Balaban J connectivity index is 2.03. The maximum atomic E-state index is 13.2. The second-order valence-corrected chi connectivity index (χ2v) is 16.1. The molecule has 2 aromatic rings. The van der Waals surface area contributed by atoms with Gasteiger partial charge in [0.15, 0.2) is 8.32 Å². The van der Waals surface area contributed by atoms with Gasteiger partial charge in [0.1, 0.15) is 17.5 Å². The molecule has 0 N–H and O–H groups in total. The number of aromatic nitrogens is 2. The first-order chi connectivity index (χ1) is 14.7. The molecule has 1 aliphatic rings. The van der Waals surface area contributed by atoms with Crippen LogP contribution in [-0.2, 0) is 9.16 Å². The lowest BCUT2D eigenvalue weighted by Crippen LogP contribution is -2.46. The Kier molecular flexibility index (Phi) is 6.64.